The molecule has 7 aromatic rings. The summed E-state index contributed by atoms with van der Waals surface area (Å²) in [5.74, 6) is 3.15. The van der Waals surface area contributed by atoms with Crippen LogP contribution in [0.1, 0.15) is 511 Å². The molecule has 2 aliphatic heterocycles. The average Bonchev–Trinajstić information content (AvgIpc) is 1.55. The second kappa shape index (κ2) is 60.0. The number of hydrogen-bond donors (Lipinski definition) is 2. The minimum absolute atomic E-state index is 0.695. The highest BCUT2D eigenvalue weighted by atomic mass is 15.1. The Balaban J connectivity index is 1.42. The monoisotopic (exact) mass is 1640 g/mol. The molecule has 0 saturated heterocycles. The molecule has 0 saturated carbocycles. The SMILES string of the molecule is CCCCCCCCCCc1c(CCCCCCCCCC)c(CCCCCCCCCC)c2c(c1CCCCCCCCCC)-c1nc-2nc2[nH]c(nc3nc(nc4[nH]c(n1)c1ccccc41)-c1ccccc1-3)c1c(CCCCCCCCCC)c(CCCCCCCCCC)c(CCCCCCCCCC)c(CCCCCCCCCC)c21. The van der Waals surface area contributed by atoms with Crippen molar-refractivity contribution in [1.29, 1.82) is 0 Å². The van der Waals surface area contributed by atoms with E-state index < -0.39 is 0 Å². The van der Waals surface area contributed by atoms with Gasteiger partial charge in [0.1, 0.15) is 22.6 Å². The maximum absolute atomic E-state index is 6.55. The van der Waals surface area contributed by atoms with Crippen molar-refractivity contribution in [2.45, 2.75) is 518 Å². The predicted molar refractivity (Wildman–Crippen MR) is 527 cm³/mol. The van der Waals surface area contributed by atoms with E-state index in [4.69, 9.17) is 29.9 Å². The Morgan fingerprint density at radius 2 is 0.358 bits per heavy atom. The first kappa shape index (κ1) is 98.0. The van der Waals surface area contributed by atoms with Gasteiger partial charge in [-0.1, -0.05) is 463 Å². The summed E-state index contributed by atoms with van der Waals surface area (Å²) < 4.78 is 0. The van der Waals surface area contributed by atoms with Gasteiger partial charge in [0.25, 0.3) is 0 Å². The van der Waals surface area contributed by atoms with Crippen LogP contribution in [0.3, 0.4) is 0 Å². The van der Waals surface area contributed by atoms with Crippen molar-refractivity contribution in [3.05, 3.63) is 93.0 Å². The molecule has 0 spiro atoms. The number of fused-ring (bicyclic) bond motifs is 20. The Morgan fingerprint density at radius 3 is 0.625 bits per heavy atom. The van der Waals surface area contributed by atoms with Crippen LogP contribution >= 0.6 is 0 Å². The highest BCUT2D eigenvalue weighted by Crippen LogP contribution is 2.48. The van der Waals surface area contributed by atoms with Crippen LogP contribution in [0.2, 0.25) is 0 Å². The minimum Gasteiger partial charge on any atom is -0.324 e. The van der Waals surface area contributed by atoms with Crippen LogP contribution in [-0.4, -0.2) is 39.9 Å². The van der Waals surface area contributed by atoms with Crippen LogP contribution in [0, 0.1) is 0 Å². The van der Waals surface area contributed by atoms with E-state index in [1.54, 1.807) is 44.5 Å². The lowest BCUT2D eigenvalue weighted by Gasteiger charge is -2.25. The Hall–Kier alpha value is -5.76. The van der Waals surface area contributed by atoms with E-state index >= 15 is 0 Å². The van der Waals surface area contributed by atoms with E-state index in [9.17, 15) is 0 Å². The van der Waals surface area contributed by atoms with E-state index in [0.717, 1.165) is 113 Å². The first-order valence-corrected chi connectivity index (χ1v) is 52.8. The number of benzene rings is 4. The Bertz CT molecular complexity index is 4110. The number of aromatic amines is 2. The topological polar surface area (TPSA) is 109 Å². The van der Waals surface area contributed by atoms with Crippen LogP contribution in [0.15, 0.2) is 48.5 Å². The number of nitrogens with zero attached hydrogens (tertiary/aromatic N) is 6. The summed E-state index contributed by atoms with van der Waals surface area (Å²) >= 11 is 0. The van der Waals surface area contributed by atoms with Crippen LogP contribution in [-0.2, 0) is 51.4 Å². The maximum Gasteiger partial charge on any atom is 0.165 e. The van der Waals surface area contributed by atoms with Crippen molar-refractivity contribution in [1.82, 2.24) is 39.9 Å². The molecule has 0 aliphatic carbocycles. The summed E-state index contributed by atoms with van der Waals surface area (Å²) in [4.78, 5) is 44.7. The molecule has 0 atom stereocenters. The summed E-state index contributed by atoms with van der Waals surface area (Å²) in [6.07, 6.45) is 92.7. The molecule has 3 aromatic heterocycles. The lowest BCUT2D eigenvalue weighted by atomic mass is 9.79. The van der Waals surface area contributed by atoms with Crippen LogP contribution in [0.4, 0.5) is 0 Å². The van der Waals surface area contributed by atoms with E-state index in [2.05, 4.69) is 114 Å². The Labute approximate surface area is 735 Å². The zero-order chi connectivity index (χ0) is 84.1. The average molecular weight is 1640 g/mol. The molecule has 4 aromatic carbocycles. The molecular formula is C112H178N8. The molecule has 0 amide bonds. The third-order valence-electron chi connectivity index (χ3n) is 27.7. The molecule has 0 fully saturated rings. The number of unbranched alkanes of at least 4 members (excludes halogenated alkanes) is 56. The van der Waals surface area contributed by atoms with E-state index in [-0.39, 0.29) is 0 Å². The standard InChI is InChI=1S/C112H178N8/c1-9-17-25-33-41-49-57-65-77-89-91(79-67-59-51-43-35-27-19-11-3)95(83-71-63-55-47-39-31-23-15-7)103-101(93(89)81-69-61-53-45-37-29-21-13-5)109-116-107-99-87-75-73-85-97(99)105(114-107)113-106-98-86-74-76-88-100(98)108(115-106)117-110-102-94(82-70-62-54-46-38-30-22-14-6)90(78-66-58-50-42-34-26-18-10-2)92(80-68-60-52-44-36-28-20-12-4)96(84-72-64-56-48-40-32-24-16-8)104(102)112(119-110)120-111(103)118-109/h73-76,85-88H,9-72,77-84H2,1-8H3,(H2,113,114,115,116,117,118,119,120). The molecular weight excluding hydrogens is 1460 g/mol. The highest BCUT2D eigenvalue weighted by Gasteiger charge is 2.33. The van der Waals surface area contributed by atoms with Gasteiger partial charge >= 0.3 is 0 Å². The predicted octanol–water partition coefficient (Wildman–Crippen LogP) is 36.3. The lowest BCUT2D eigenvalue weighted by Crippen LogP contribution is -2.11. The molecule has 0 radical (unpaired) electrons. The first-order valence-electron chi connectivity index (χ1n) is 52.8. The third-order valence-corrected chi connectivity index (χ3v) is 27.7. The molecule has 5 heterocycles. The van der Waals surface area contributed by atoms with Crippen molar-refractivity contribution in [3.63, 3.8) is 0 Å². The second-order valence-corrected chi connectivity index (χ2v) is 37.8. The first-order chi connectivity index (χ1) is 59.4. The zero-order valence-corrected chi connectivity index (χ0v) is 79.2. The molecule has 2 aliphatic rings. The maximum atomic E-state index is 6.55. The summed E-state index contributed by atoms with van der Waals surface area (Å²) in [5.41, 5.74) is 21.1. The van der Waals surface area contributed by atoms with Crippen molar-refractivity contribution < 1.29 is 0 Å². The van der Waals surface area contributed by atoms with Gasteiger partial charge in [-0.15, -0.1) is 0 Å². The number of rotatable bonds is 72. The quantitative estimate of drug-likeness (QED) is 0.0368. The summed E-state index contributed by atoms with van der Waals surface area (Å²) in [6.45, 7) is 18.9. The molecule has 666 valence electrons. The smallest absolute Gasteiger partial charge is 0.165 e. The van der Waals surface area contributed by atoms with Gasteiger partial charge in [-0.2, -0.15) is 0 Å². The molecule has 2 N–H and O–H groups in total. The molecule has 8 heteroatoms. The zero-order valence-electron chi connectivity index (χ0n) is 79.2. The van der Waals surface area contributed by atoms with Crippen LogP contribution in [0.25, 0.3) is 89.7 Å². The fourth-order valence-electron chi connectivity index (χ4n) is 20.5. The molecule has 0 unspecified atom stereocenters. The van der Waals surface area contributed by atoms with Crippen LogP contribution < -0.4 is 0 Å². The lowest BCUT2D eigenvalue weighted by molar-refractivity contribution is 0.564. The van der Waals surface area contributed by atoms with E-state index in [0.29, 0.717) is 5.82 Å². The van der Waals surface area contributed by atoms with Gasteiger partial charge in [0, 0.05) is 43.8 Å². The second-order valence-electron chi connectivity index (χ2n) is 37.8. The van der Waals surface area contributed by atoms with Gasteiger partial charge in [-0.25, -0.2) is 29.9 Å². The Morgan fingerprint density at radius 1 is 0.175 bits per heavy atom. The fraction of sp³-hybridized carbons (Fsp3) is 0.714. The fourth-order valence-corrected chi connectivity index (χ4v) is 20.5. The summed E-state index contributed by atoms with van der Waals surface area (Å²) in [6, 6.07) is 17.7. The number of nitrogens with one attached hydrogen (secondary N) is 2. The highest BCUT2D eigenvalue weighted by molar-refractivity contribution is 6.10. The molecule has 120 heavy (non-hydrogen) atoms. The van der Waals surface area contributed by atoms with Gasteiger partial charge < -0.3 is 9.97 Å². The van der Waals surface area contributed by atoms with Crippen molar-refractivity contribution in [2.75, 3.05) is 0 Å². The minimum atomic E-state index is 0.695. The van der Waals surface area contributed by atoms with Gasteiger partial charge in [-0.3, -0.25) is 0 Å². The van der Waals surface area contributed by atoms with Crippen molar-refractivity contribution in [2.24, 2.45) is 0 Å². The van der Waals surface area contributed by atoms with Crippen molar-refractivity contribution in [3.8, 4) is 45.6 Å². The van der Waals surface area contributed by atoms with Gasteiger partial charge in [0.2, 0.25) is 0 Å². The normalized spacial score (nSPS) is 12.1. The Kier molecular flexibility index (Phi) is 49.0. The van der Waals surface area contributed by atoms with Crippen LogP contribution in [0.5, 0.6) is 0 Å². The van der Waals surface area contributed by atoms with Gasteiger partial charge in [0.15, 0.2) is 23.3 Å². The summed E-state index contributed by atoms with van der Waals surface area (Å²) in [5, 5.41) is 4.78. The number of H-pyrrole nitrogens is 2. The number of hydrogen-bond acceptors (Lipinski definition) is 6. The number of aryl methyl sites for hydroxylation is 2. The third kappa shape index (κ3) is 32.0. The molecule has 9 rings (SSSR count). The summed E-state index contributed by atoms with van der Waals surface area (Å²) in [7, 11) is 0. The van der Waals surface area contributed by atoms with E-state index in [1.165, 1.54) is 433 Å². The van der Waals surface area contributed by atoms with Crippen molar-refractivity contribution >= 4 is 44.1 Å². The van der Waals surface area contributed by atoms with Gasteiger partial charge in [0.05, 0.1) is 0 Å². The molecule has 8 bridgehead atoms. The largest absolute Gasteiger partial charge is 0.324 e. The van der Waals surface area contributed by atoms with Gasteiger partial charge in [-0.05, 0) is 147 Å². The van der Waals surface area contributed by atoms with E-state index in [1.807, 2.05) is 0 Å². The number of aromatic nitrogens is 8. The molecule has 8 nitrogen and oxygen atoms in total.